The van der Waals surface area contributed by atoms with Crippen LogP contribution in [0.2, 0.25) is 0 Å². The molecule has 1 aromatic carbocycles. The largest absolute Gasteiger partial charge is 0.378 e. The Balaban J connectivity index is 2.05. The van der Waals surface area contributed by atoms with Crippen molar-refractivity contribution in [2.24, 2.45) is 5.73 Å². The van der Waals surface area contributed by atoms with Crippen LogP contribution in [0, 0.1) is 0 Å². The van der Waals surface area contributed by atoms with Crippen LogP contribution in [0.3, 0.4) is 0 Å². The van der Waals surface area contributed by atoms with Crippen LogP contribution < -0.4 is 16.0 Å². The monoisotopic (exact) mass is 277 g/mol. The number of anilines is 1. The molecule has 0 saturated carbocycles. The number of benzene rings is 1. The first-order chi connectivity index (χ1) is 9.42. The fraction of sp³-hybridized carbons (Fsp3) is 0.429. The van der Waals surface area contributed by atoms with Crippen molar-refractivity contribution in [1.82, 2.24) is 5.32 Å². The van der Waals surface area contributed by atoms with Gasteiger partial charge in [0.05, 0.1) is 25.2 Å². The van der Waals surface area contributed by atoms with Crippen molar-refractivity contribution in [2.75, 3.05) is 32.2 Å². The number of hydrogen-bond donors (Lipinski definition) is 2. The van der Waals surface area contributed by atoms with Gasteiger partial charge in [0, 0.05) is 25.3 Å². The standard InChI is InChI=1S/C14H19N3O3/c1-17(2)11-5-3-10(4-6-11)13(19)16-14(7-12(15)18)8-20-9-14/h3-6H,7-9H2,1-2H3,(H2,15,18)(H,16,19). The molecular weight excluding hydrogens is 258 g/mol. The quantitative estimate of drug-likeness (QED) is 0.801. The van der Waals surface area contributed by atoms with E-state index >= 15 is 0 Å². The second-order valence-corrected chi connectivity index (χ2v) is 5.31. The molecule has 6 nitrogen and oxygen atoms in total. The lowest BCUT2D eigenvalue weighted by molar-refractivity contribution is -0.127. The van der Waals surface area contributed by atoms with Gasteiger partial charge in [-0.1, -0.05) is 0 Å². The Bertz CT molecular complexity index is 507. The number of amides is 2. The second kappa shape index (κ2) is 5.50. The molecule has 1 heterocycles. The molecule has 2 amide bonds. The third kappa shape index (κ3) is 3.08. The van der Waals surface area contributed by atoms with E-state index in [0.717, 1.165) is 5.69 Å². The minimum absolute atomic E-state index is 0.0918. The van der Waals surface area contributed by atoms with Gasteiger partial charge in [-0.3, -0.25) is 9.59 Å². The molecule has 108 valence electrons. The van der Waals surface area contributed by atoms with Crippen molar-refractivity contribution in [2.45, 2.75) is 12.0 Å². The molecule has 0 aliphatic carbocycles. The van der Waals surface area contributed by atoms with Gasteiger partial charge in [-0.05, 0) is 24.3 Å². The van der Waals surface area contributed by atoms with Crippen LogP contribution in [0.5, 0.6) is 0 Å². The van der Waals surface area contributed by atoms with Crippen molar-refractivity contribution >= 4 is 17.5 Å². The first-order valence-electron chi connectivity index (χ1n) is 6.38. The van der Waals surface area contributed by atoms with Crippen LogP contribution in [-0.2, 0) is 9.53 Å². The minimum Gasteiger partial charge on any atom is -0.378 e. The molecule has 1 aliphatic rings. The van der Waals surface area contributed by atoms with Gasteiger partial charge in [0.2, 0.25) is 5.91 Å². The van der Waals surface area contributed by atoms with Gasteiger partial charge in [-0.2, -0.15) is 0 Å². The van der Waals surface area contributed by atoms with Gasteiger partial charge in [0.25, 0.3) is 5.91 Å². The summed E-state index contributed by atoms with van der Waals surface area (Å²) in [7, 11) is 3.87. The van der Waals surface area contributed by atoms with Gasteiger partial charge < -0.3 is 20.7 Å². The highest BCUT2D eigenvalue weighted by Crippen LogP contribution is 2.22. The molecule has 20 heavy (non-hydrogen) atoms. The summed E-state index contributed by atoms with van der Waals surface area (Å²) in [4.78, 5) is 25.2. The number of carbonyl (C=O) groups is 2. The van der Waals surface area contributed by atoms with E-state index in [9.17, 15) is 9.59 Å². The Labute approximate surface area is 117 Å². The molecule has 0 bridgehead atoms. The molecule has 3 N–H and O–H groups in total. The average molecular weight is 277 g/mol. The minimum atomic E-state index is -0.650. The van der Waals surface area contributed by atoms with Crippen molar-refractivity contribution in [3.05, 3.63) is 29.8 Å². The number of primary amides is 1. The van der Waals surface area contributed by atoms with Crippen LogP contribution in [0.25, 0.3) is 0 Å². The second-order valence-electron chi connectivity index (χ2n) is 5.31. The lowest BCUT2D eigenvalue weighted by Crippen LogP contribution is -2.63. The third-order valence-electron chi connectivity index (χ3n) is 3.29. The van der Waals surface area contributed by atoms with Gasteiger partial charge in [0.1, 0.15) is 0 Å². The van der Waals surface area contributed by atoms with E-state index in [0.29, 0.717) is 18.8 Å². The zero-order chi connectivity index (χ0) is 14.8. The van der Waals surface area contributed by atoms with E-state index in [1.54, 1.807) is 12.1 Å². The van der Waals surface area contributed by atoms with Gasteiger partial charge in [-0.25, -0.2) is 0 Å². The molecular formula is C14H19N3O3. The van der Waals surface area contributed by atoms with E-state index < -0.39 is 11.4 Å². The molecule has 0 atom stereocenters. The van der Waals surface area contributed by atoms with Gasteiger partial charge in [0.15, 0.2) is 0 Å². The summed E-state index contributed by atoms with van der Waals surface area (Å²) in [6, 6.07) is 7.24. The third-order valence-corrected chi connectivity index (χ3v) is 3.29. The molecule has 1 aromatic rings. The Kier molecular flexibility index (Phi) is 3.94. The fourth-order valence-corrected chi connectivity index (χ4v) is 2.12. The lowest BCUT2D eigenvalue weighted by atomic mass is 9.92. The van der Waals surface area contributed by atoms with E-state index in [2.05, 4.69) is 5.32 Å². The Hall–Kier alpha value is -2.08. The highest BCUT2D eigenvalue weighted by molar-refractivity contribution is 5.95. The van der Waals surface area contributed by atoms with E-state index in [-0.39, 0.29) is 12.3 Å². The maximum Gasteiger partial charge on any atom is 0.251 e. The summed E-state index contributed by atoms with van der Waals surface area (Å²) < 4.78 is 5.10. The van der Waals surface area contributed by atoms with Crippen LogP contribution in [0.4, 0.5) is 5.69 Å². The molecule has 2 rings (SSSR count). The summed E-state index contributed by atoms with van der Waals surface area (Å²) >= 11 is 0. The molecule has 6 heteroatoms. The molecule has 0 spiro atoms. The van der Waals surface area contributed by atoms with E-state index in [4.69, 9.17) is 10.5 Å². The number of nitrogens with two attached hydrogens (primary N) is 1. The number of ether oxygens (including phenoxy) is 1. The number of rotatable bonds is 5. The van der Waals surface area contributed by atoms with Crippen molar-refractivity contribution in [1.29, 1.82) is 0 Å². The smallest absolute Gasteiger partial charge is 0.251 e. The topological polar surface area (TPSA) is 84.7 Å². The molecule has 0 unspecified atom stereocenters. The molecule has 0 aromatic heterocycles. The lowest BCUT2D eigenvalue weighted by Gasteiger charge is -2.41. The van der Waals surface area contributed by atoms with Crippen LogP contribution in [0.1, 0.15) is 16.8 Å². The summed E-state index contributed by atoms with van der Waals surface area (Å²) in [5.74, 6) is -0.670. The molecule has 1 aliphatic heterocycles. The first kappa shape index (κ1) is 14.3. The highest BCUT2D eigenvalue weighted by atomic mass is 16.5. The number of carbonyl (C=O) groups excluding carboxylic acids is 2. The molecule has 0 radical (unpaired) electrons. The zero-order valence-electron chi connectivity index (χ0n) is 11.7. The Morgan fingerprint density at radius 2 is 1.90 bits per heavy atom. The predicted molar refractivity (Wildman–Crippen MR) is 75.6 cm³/mol. The summed E-state index contributed by atoms with van der Waals surface area (Å²) in [6.07, 6.45) is 0.0918. The average Bonchev–Trinajstić information content (AvgIpc) is 2.35. The molecule has 1 saturated heterocycles. The SMILES string of the molecule is CN(C)c1ccc(C(=O)NC2(CC(N)=O)COC2)cc1. The maximum atomic E-state index is 12.2. The van der Waals surface area contributed by atoms with Crippen molar-refractivity contribution < 1.29 is 14.3 Å². The van der Waals surface area contributed by atoms with Crippen molar-refractivity contribution in [3.63, 3.8) is 0 Å². The van der Waals surface area contributed by atoms with Crippen molar-refractivity contribution in [3.8, 4) is 0 Å². The Morgan fingerprint density at radius 1 is 1.30 bits per heavy atom. The van der Waals surface area contributed by atoms with Gasteiger partial charge in [-0.15, -0.1) is 0 Å². The number of nitrogens with one attached hydrogen (secondary N) is 1. The maximum absolute atomic E-state index is 12.2. The van der Waals surface area contributed by atoms with E-state index in [1.807, 2.05) is 31.1 Å². The van der Waals surface area contributed by atoms with Crippen LogP contribution in [-0.4, -0.2) is 44.7 Å². The normalized spacial score (nSPS) is 16.1. The fourth-order valence-electron chi connectivity index (χ4n) is 2.12. The molecule has 1 fully saturated rings. The Morgan fingerprint density at radius 3 is 2.30 bits per heavy atom. The van der Waals surface area contributed by atoms with Gasteiger partial charge >= 0.3 is 0 Å². The van der Waals surface area contributed by atoms with Crippen LogP contribution >= 0.6 is 0 Å². The predicted octanol–water partition coefficient (Wildman–Crippen LogP) is 0.127. The highest BCUT2D eigenvalue weighted by Gasteiger charge is 2.41. The first-order valence-corrected chi connectivity index (χ1v) is 6.38. The van der Waals surface area contributed by atoms with Crippen LogP contribution in [0.15, 0.2) is 24.3 Å². The van der Waals surface area contributed by atoms with E-state index in [1.165, 1.54) is 0 Å². The summed E-state index contributed by atoms with van der Waals surface area (Å²) in [6.45, 7) is 0.634. The zero-order valence-corrected chi connectivity index (χ0v) is 11.7. The summed E-state index contributed by atoms with van der Waals surface area (Å²) in [5, 5.41) is 2.85. The number of nitrogens with zero attached hydrogens (tertiary/aromatic N) is 1. The number of hydrogen-bond acceptors (Lipinski definition) is 4. The summed E-state index contributed by atoms with van der Waals surface area (Å²) in [5.41, 5.74) is 6.12.